The van der Waals surface area contributed by atoms with Crippen LogP contribution in [0.25, 0.3) is 0 Å². The quantitative estimate of drug-likeness (QED) is 0.757. The summed E-state index contributed by atoms with van der Waals surface area (Å²) in [4.78, 5) is 26.1. The summed E-state index contributed by atoms with van der Waals surface area (Å²) in [5.74, 6) is 0.357. The second kappa shape index (κ2) is 6.37. The first-order valence-electron chi connectivity index (χ1n) is 7.25. The Labute approximate surface area is 114 Å². The van der Waals surface area contributed by atoms with Crippen molar-refractivity contribution in [2.45, 2.75) is 51.1 Å². The van der Waals surface area contributed by atoms with E-state index in [-0.39, 0.29) is 24.0 Å². The molecule has 5 heteroatoms. The number of nitrogens with one attached hydrogen (secondary N) is 1. The highest BCUT2D eigenvalue weighted by Gasteiger charge is 2.37. The van der Waals surface area contributed by atoms with Gasteiger partial charge >= 0.3 is 5.97 Å². The smallest absolute Gasteiger partial charge is 0.328 e. The van der Waals surface area contributed by atoms with Crippen LogP contribution in [0, 0.1) is 5.92 Å². The van der Waals surface area contributed by atoms with Gasteiger partial charge in [-0.15, -0.1) is 0 Å². The fourth-order valence-corrected chi connectivity index (χ4v) is 3.07. The molecule has 0 aromatic heterocycles. The van der Waals surface area contributed by atoms with E-state index in [9.17, 15) is 9.59 Å². The normalized spacial score (nSPS) is 31.9. The van der Waals surface area contributed by atoms with Gasteiger partial charge < -0.3 is 15.0 Å². The van der Waals surface area contributed by atoms with E-state index >= 15 is 0 Å². The maximum atomic E-state index is 12.6. The lowest BCUT2D eigenvalue weighted by molar-refractivity contribution is -0.155. The van der Waals surface area contributed by atoms with Crippen LogP contribution in [0.2, 0.25) is 0 Å². The average Bonchev–Trinajstić information content (AvgIpc) is 2.45. The van der Waals surface area contributed by atoms with Crippen LogP contribution >= 0.6 is 0 Å². The maximum Gasteiger partial charge on any atom is 0.328 e. The van der Waals surface area contributed by atoms with Gasteiger partial charge in [-0.2, -0.15) is 0 Å². The van der Waals surface area contributed by atoms with Gasteiger partial charge in [0.2, 0.25) is 5.91 Å². The van der Waals surface area contributed by atoms with Crippen molar-refractivity contribution in [1.82, 2.24) is 10.2 Å². The highest BCUT2D eigenvalue weighted by Crippen LogP contribution is 2.22. The number of amides is 1. The van der Waals surface area contributed by atoms with Crippen molar-refractivity contribution in [2.24, 2.45) is 5.92 Å². The molecule has 2 aliphatic heterocycles. The zero-order valence-electron chi connectivity index (χ0n) is 11.9. The van der Waals surface area contributed by atoms with Crippen molar-refractivity contribution in [3.05, 3.63) is 0 Å². The van der Waals surface area contributed by atoms with Crippen molar-refractivity contribution in [2.75, 3.05) is 20.2 Å². The number of piperidine rings is 2. The molecule has 0 aromatic carbocycles. The molecule has 2 rings (SSSR count). The van der Waals surface area contributed by atoms with Gasteiger partial charge in [-0.3, -0.25) is 4.79 Å². The molecule has 19 heavy (non-hydrogen) atoms. The molecule has 0 bridgehead atoms. The molecular weight excluding hydrogens is 244 g/mol. The van der Waals surface area contributed by atoms with E-state index in [0.29, 0.717) is 12.5 Å². The number of hydrogen-bond donors (Lipinski definition) is 1. The van der Waals surface area contributed by atoms with Crippen LogP contribution in [-0.4, -0.2) is 49.1 Å². The van der Waals surface area contributed by atoms with Gasteiger partial charge in [0, 0.05) is 6.54 Å². The number of carbonyl (C=O) groups excluding carboxylic acids is 2. The summed E-state index contributed by atoms with van der Waals surface area (Å²) in [5.41, 5.74) is 0. The van der Waals surface area contributed by atoms with Crippen LogP contribution in [0.5, 0.6) is 0 Å². The first-order valence-corrected chi connectivity index (χ1v) is 7.25. The first kappa shape index (κ1) is 14.3. The summed E-state index contributed by atoms with van der Waals surface area (Å²) in [5, 5.41) is 3.28. The van der Waals surface area contributed by atoms with Gasteiger partial charge in [0.25, 0.3) is 0 Å². The molecule has 3 atom stereocenters. The zero-order valence-corrected chi connectivity index (χ0v) is 11.9. The van der Waals surface area contributed by atoms with Crippen LogP contribution in [0.4, 0.5) is 0 Å². The molecule has 0 saturated carbocycles. The second-order valence-corrected chi connectivity index (χ2v) is 5.70. The third-order valence-corrected chi connectivity index (χ3v) is 4.22. The summed E-state index contributed by atoms with van der Waals surface area (Å²) in [7, 11) is 1.39. The highest BCUT2D eigenvalue weighted by molar-refractivity contribution is 5.87. The number of nitrogens with zero attached hydrogens (tertiary/aromatic N) is 1. The van der Waals surface area contributed by atoms with Gasteiger partial charge in [0.1, 0.15) is 6.04 Å². The third kappa shape index (κ3) is 3.26. The molecule has 3 unspecified atom stereocenters. The van der Waals surface area contributed by atoms with E-state index in [0.717, 1.165) is 38.6 Å². The fourth-order valence-electron chi connectivity index (χ4n) is 3.07. The largest absolute Gasteiger partial charge is 0.467 e. The molecule has 0 aromatic rings. The average molecular weight is 268 g/mol. The minimum Gasteiger partial charge on any atom is -0.467 e. The monoisotopic (exact) mass is 268 g/mol. The number of methoxy groups -OCH3 is 1. The first-order chi connectivity index (χ1) is 9.13. The van der Waals surface area contributed by atoms with Crippen molar-refractivity contribution in [3.63, 3.8) is 0 Å². The maximum absolute atomic E-state index is 12.6. The molecule has 1 N–H and O–H groups in total. The van der Waals surface area contributed by atoms with Gasteiger partial charge in [0.15, 0.2) is 0 Å². The standard InChI is InChI=1S/C14H24N2O3/c1-10-6-7-15-11(9-10)13(17)16-8-4-3-5-12(16)14(18)19-2/h10-12,15H,3-9H2,1-2H3. The van der Waals surface area contributed by atoms with E-state index in [1.807, 2.05) is 0 Å². The predicted octanol–water partition coefficient (Wildman–Crippen LogP) is 0.929. The Hall–Kier alpha value is -1.10. The van der Waals surface area contributed by atoms with Gasteiger partial charge in [-0.05, 0) is 44.6 Å². The van der Waals surface area contributed by atoms with Crippen molar-refractivity contribution >= 4 is 11.9 Å². The molecule has 2 saturated heterocycles. The second-order valence-electron chi connectivity index (χ2n) is 5.70. The fraction of sp³-hybridized carbons (Fsp3) is 0.857. The van der Waals surface area contributed by atoms with Gasteiger partial charge in [-0.1, -0.05) is 6.92 Å². The third-order valence-electron chi connectivity index (χ3n) is 4.22. The molecule has 2 fully saturated rings. The lowest BCUT2D eigenvalue weighted by atomic mass is 9.92. The Kier molecular flexibility index (Phi) is 4.80. The molecule has 5 nitrogen and oxygen atoms in total. The summed E-state index contributed by atoms with van der Waals surface area (Å²) < 4.78 is 4.83. The van der Waals surface area contributed by atoms with Crippen LogP contribution in [0.1, 0.15) is 39.0 Å². The van der Waals surface area contributed by atoms with E-state index in [2.05, 4.69) is 12.2 Å². The SMILES string of the molecule is COC(=O)C1CCCCN1C(=O)C1CC(C)CCN1. The number of esters is 1. The Morgan fingerprint density at radius 1 is 1.26 bits per heavy atom. The molecule has 0 spiro atoms. The topological polar surface area (TPSA) is 58.6 Å². The zero-order chi connectivity index (χ0) is 13.8. The van der Waals surface area contributed by atoms with Crippen molar-refractivity contribution in [1.29, 1.82) is 0 Å². The summed E-state index contributed by atoms with van der Waals surface area (Å²) in [6.45, 7) is 3.73. The Balaban J connectivity index is 2.04. The Bertz CT molecular complexity index is 346. The summed E-state index contributed by atoms with van der Waals surface area (Å²) in [6.07, 6.45) is 4.66. The van der Waals surface area contributed by atoms with Gasteiger partial charge in [-0.25, -0.2) is 4.79 Å². The van der Waals surface area contributed by atoms with Crippen molar-refractivity contribution in [3.8, 4) is 0 Å². The lowest BCUT2D eigenvalue weighted by Crippen LogP contribution is -2.56. The van der Waals surface area contributed by atoms with E-state index in [1.54, 1.807) is 4.90 Å². The van der Waals surface area contributed by atoms with Crippen LogP contribution in [-0.2, 0) is 14.3 Å². The number of carbonyl (C=O) groups is 2. The van der Waals surface area contributed by atoms with E-state index in [1.165, 1.54) is 7.11 Å². The minimum atomic E-state index is -0.384. The Morgan fingerprint density at radius 3 is 2.74 bits per heavy atom. The molecule has 0 radical (unpaired) electrons. The van der Waals surface area contributed by atoms with Crippen LogP contribution < -0.4 is 5.32 Å². The molecular formula is C14H24N2O3. The number of ether oxygens (including phenoxy) is 1. The number of rotatable bonds is 2. The molecule has 2 heterocycles. The highest BCUT2D eigenvalue weighted by atomic mass is 16.5. The molecule has 108 valence electrons. The Morgan fingerprint density at radius 2 is 2.05 bits per heavy atom. The number of likely N-dealkylation sites (tertiary alicyclic amines) is 1. The molecule has 1 amide bonds. The van der Waals surface area contributed by atoms with E-state index in [4.69, 9.17) is 4.74 Å². The van der Waals surface area contributed by atoms with Crippen LogP contribution in [0.15, 0.2) is 0 Å². The predicted molar refractivity (Wildman–Crippen MR) is 71.6 cm³/mol. The van der Waals surface area contributed by atoms with Crippen LogP contribution in [0.3, 0.4) is 0 Å². The van der Waals surface area contributed by atoms with E-state index < -0.39 is 0 Å². The summed E-state index contributed by atoms with van der Waals surface area (Å²) in [6, 6.07) is -0.515. The minimum absolute atomic E-state index is 0.0710. The van der Waals surface area contributed by atoms with Gasteiger partial charge in [0.05, 0.1) is 13.2 Å². The molecule has 2 aliphatic rings. The molecule has 0 aliphatic carbocycles. The summed E-state index contributed by atoms with van der Waals surface area (Å²) >= 11 is 0. The lowest BCUT2D eigenvalue weighted by Gasteiger charge is -2.38. The number of hydrogen-bond acceptors (Lipinski definition) is 4. The van der Waals surface area contributed by atoms with Crippen molar-refractivity contribution < 1.29 is 14.3 Å².